The zero-order chi connectivity index (χ0) is 20.1. The van der Waals surface area contributed by atoms with E-state index in [2.05, 4.69) is 0 Å². The van der Waals surface area contributed by atoms with Crippen molar-refractivity contribution in [2.24, 2.45) is 23.2 Å². The summed E-state index contributed by atoms with van der Waals surface area (Å²) in [5, 5.41) is 9.54. The Hall–Kier alpha value is -0.990. The summed E-state index contributed by atoms with van der Waals surface area (Å²) in [6, 6.07) is 0. The molecule has 0 aromatic heterocycles. The van der Waals surface area contributed by atoms with Gasteiger partial charge < -0.3 is 9.84 Å². The third-order valence-corrected chi connectivity index (χ3v) is 6.15. The van der Waals surface area contributed by atoms with Crippen LogP contribution in [0.15, 0.2) is 0 Å². The van der Waals surface area contributed by atoms with E-state index in [1.807, 2.05) is 0 Å². The quantitative estimate of drug-likeness (QED) is 0.550. The van der Waals surface area contributed by atoms with E-state index >= 15 is 0 Å². The summed E-state index contributed by atoms with van der Waals surface area (Å²) in [5.41, 5.74) is -5.68. The highest BCUT2D eigenvalue weighted by molar-refractivity contribution is 5.76. The van der Waals surface area contributed by atoms with Gasteiger partial charge in [0.2, 0.25) is 0 Å². The van der Waals surface area contributed by atoms with Crippen molar-refractivity contribution in [3.63, 3.8) is 0 Å². The minimum Gasteiger partial charge on any atom is -0.461 e. The number of aliphatic hydroxyl groups is 1. The van der Waals surface area contributed by atoms with Crippen molar-refractivity contribution >= 4 is 5.97 Å². The Bertz CT molecular complexity index is 526. The Morgan fingerprint density at radius 2 is 1.54 bits per heavy atom. The van der Waals surface area contributed by atoms with Crippen molar-refractivity contribution in [1.29, 1.82) is 0 Å². The van der Waals surface area contributed by atoms with E-state index in [1.54, 1.807) is 20.8 Å². The number of halogens is 6. The number of carbonyl (C=O) groups is 1. The average Bonchev–Trinajstić information content (AvgIpc) is 3.07. The number of esters is 1. The van der Waals surface area contributed by atoms with Crippen LogP contribution in [-0.4, -0.2) is 35.1 Å². The number of alkyl halides is 6. The van der Waals surface area contributed by atoms with Crippen LogP contribution in [0, 0.1) is 23.2 Å². The van der Waals surface area contributed by atoms with Gasteiger partial charge in [-0.05, 0) is 51.4 Å². The molecule has 0 radical (unpaired) electrons. The SMILES string of the molecule is CCC(C)(C)C(=O)OC1C2CCC(C2)C1CC(O)(C(F)(F)F)C(F)(F)F. The van der Waals surface area contributed by atoms with Gasteiger partial charge in [0.1, 0.15) is 6.10 Å². The van der Waals surface area contributed by atoms with Crippen LogP contribution in [0.3, 0.4) is 0 Å². The van der Waals surface area contributed by atoms with E-state index in [0.717, 1.165) is 0 Å². The molecular weight excluding hydrogens is 366 g/mol. The molecule has 0 heterocycles. The van der Waals surface area contributed by atoms with Crippen LogP contribution in [0.1, 0.15) is 52.9 Å². The van der Waals surface area contributed by atoms with Gasteiger partial charge in [-0.3, -0.25) is 4.79 Å². The number of hydrogen-bond donors (Lipinski definition) is 1. The molecule has 26 heavy (non-hydrogen) atoms. The third kappa shape index (κ3) is 3.55. The second kappa shape index (κ2) is 6.56. The van der Waals surface area contributed by atoms with Gasteiger partial charge >= 0.3 is 18.3 Å². The smallest absolute Gasteiger partial charge is 0.426 e. The number of ether oxygens (including phenoxy) is 1. The van der Waals surface area contributed by atoms with Crippen molar-refractivity contribution in [2.45, 2.75) is 76.9 Å². The number of carbonyl (C=O) groups excluding carboxylic acids is 1. The van der Waals surface area contributed by atoms with Crippen LogP contribution in [-0.2, 0) is 9.53 Å². The van der Waals surface area contributed by atoms with Gasteiger partial charge in [-0.2, -0.15) is 26.3 Å². The molecule has 2 bridgehead atoms. The van der Waals surface area contributed by atoms with E-state index < -0.39 is 53.7 Å². The van der Waals surface area contributed by atoms with Gasteiger partial charge in [0.05, 0.1) is 5.41 Å². The summed E-state index contributed by atoms with van der Waals surface area (Å²) in [7, 11) is 0. The number of fused-ring (bicyclic) bond motifs is 2. The first-order valence-corrected chi connectivity index (χ1v) is 8.71. The van der Waals surface area contributed by atoms with Crippen molar-refractivity contribution < 1.29 is 41.0 Å². The lowest BCUT2D eigenvalue weighted by atomic mass is 9.77. The lowest BCUT2D eigenvalue weighted by molar-refractivity contribution is -0.374. The Morgan fingerprint density at radius 1 is 1.04 bits per heavy atom. The van der Waals surface area contributed by atoms with E-state index in [1.165, 1.54) is 0 Å². The highest BCUT2D eigenvalue weighted by Gasteiger charge is 2.72. The fourth-order valence-electron chi connectivity index (χ4n) is 3.98. The van der Waals surface area contributed by atoms with Crippen LogP contribution >= 0.6 is 0 Å². The zero-order valence-corrected chi connectivity index (χ0v) is 14.9. The van der Waals surface area contributed by atoms with Crippen LogP contribution < -0.4 is 0 Å². The lowest BCUT2D eigenvalue weighted by Gasteiger charge is -2.39. The second-order valence-electron chi connectivity index (χ2n) is 8.16. The van der Waals surface area contributed by atoms with Crippen LogP contribution in [0.4, 0.5) is 26.3 Å². The van der Waals surface area contributed by atoms with Gasteiger partial charge in [0.25, 0.3) is 5.60 Å². The molecule has 4 atom stereocenters. The van der Waals surface area contributed by atoms with Crippen molar-refractivity contribution in [2.75, 3.05) is 0 Å². The first-order chi connectivity index (χ1) is 11.6. The summed E-state index contributed by atoms with van der Waals surface area (Å²) < 4.78 is 83.7. The molecule has 0 aromatic rings. The molecule has 4 unspecified atom stereocenters. The van der Waals surface area contributed by atoms with E-state index in [4.69, 9.17) is 4.74 Å². The maximum Gasteiger partial charge on any atom is 0.426 e. The summed E-state index contributed by atoms with van der Waals surface area (Å²) in [5.74, 6) is -2.48. The first kappa shape index (κ1) is 21.3. The standard InChI is InChI=1S/C17H24F6O3/c1-4-14(2,3)13(24)26-12-10-6-5-9(7-10)11(12)8-15(25,16(18,19)20)17(21,22)23/h9-12,25H,4-8H2,1-3H3. The Kier molecular flexibility index (Phi) is 5.38. The Balaban J connectivity index is 2.27. The minimum absolute atomic E-state index is 0.257. The predicted octanol–water partition coefficient (Wildman–Crippen LogP) is 4.63. The van der Waals surface area contributed by atoms with Crippen LogP contribution in [0.2, 0.25) is 0 Å². The predicted molar refractivity (Wildman–Crippen MR) is 79.9 cm³/mol. The molecular formula is C17H24F6O3. The molecule has 2 fully saturated rings. The molecule has 0 aliphatic heterocycles. The van der Waals surface area contributed by atoms with Crippen molar-refractivity contribution in [1.82, 2.24) is 0 Å². The molecule has 0 aromatic carbocycles. The van der Waals surface area contributed by atoms with Gasteiger partial charge in [-0.15, -0.1) is 0 Å². The Labute approximate surface area is 148 Å². The minimum atomic E-state index is -5.86. The van der Waals surface area contributed by atoms with E-state index in [-0.39, 0.29) is 5.92 Å². The van der Waals surface area contributed by atoms with Crippen LogP contribution in [0.5, 0.6) is 0 Å². The lowest BCUT2D eigenvalue weighted by Crippen LogP contribution is -2.59. The number of hydrogen-bond acceptors (Lipinski definition) is 3. The fraction of sp³-hybridized carbons (Fsp3) is 0.941. The summed E-state index contributed by atoms with van der Waals surface area (Å²) in [4.78, 5) is 12.3. The molecule has 0 spiro atoms. The van der Waals surface area contributed by atoms with Gasteiger partial charge in [-0.1, -0.05) is 6.92 Å². The monoisotopic (exact) mass is 390 g/mol. The second-order valence-corrected chi connectivity index (χ2v) is 8.16. The molecule has 9 heteroatoms. The highest BCUT2D eigenvalue weighted by atomic mass is 19.4. The normalized spacial score (nSPS) is 29.9. The summed E-state index contributed by atoms with van der Waals surface area (Å²) >= 11 is 0. The highest BCUT2D eigenvalue weighted by Crippen LogP contribution is 2.56. The largest absolute Gasteiger partial charge is 0.461 e. The van der Waals surface area contributed by atoms with Crippen molar-refractivity contribution in [3.8, 4) is 0 Å². The molecule has 2 aliphatic rings. The topological polar surface area (TPSA) is 46.5 Å². The van der Waals surface area contributed by atoms with Gasteiger partial charge in [-0.25, -0.2) is 0 Å². The van der Waals surface area contributed by atoms with E-state index in [0.29, 0.717) is 25.7 Å². The third-order valence-electron chi connectivity index (χ3n) is 6.15. The molecule has 3 nitrogen and oxygen atoms in total. The molecule has 1 N–H and O–H groups in total. The van der Waals surface area contributed by atoms with Gasteiger partial charge in [0.15, 0.2) is 0 Å². The van der Waals surface area contributed by atoms with Crippen LogP contribution in [0.25, 0.3) is 0 Å². The summed E-state index contributed by atoms with van der Waals surface area (Å²) in [6.45, 7) is 4.96. The molecule has 2 aliphatic carbocycles. The maximum atomic E-state index is 13.1. The maximum absolute atomic E-state index is 13.1. The molecule has 152 valence electrons. The van der Waals surface area contributed by atoms with Gasteiger partial charge in [0, 0.05) is 12.3 Å². The first-order valence-electron chi connectivity index (χ1n) is 8.71. The van der Waals surface area contributed by atoms with E-state index in [9.17, 15) is 36.2 Å². The zero-order valence-electron chi connectivity index (χ0n) is 14.9. The Morgan fingerprint density at radius 3 is 2.00 bits per heavy atom. The number of rotatable bonds is 5. The molecule has 0 saturated heterocycles. The summed E-state index contributed by atoms with van der Waals surface area (Å²) in [6.07, 6.45) is -12.4. The molecule has 2 rings (SSSR count). The average molecular weight is 390 g/mol. The molecule has 2 saturated carbocycles. The molecule has 0 amide bonds. The van der Waals surface area contributed by atoms with Crippen molar-refractivity contribution in [3.05, 3.63) is 0 Å². The fourth-order valence-corrected chi connectivity index (χ4v) is 3.98.